The first-order chi connectivity index (χ1) is 15.8. The molecule has 0 spiro atoms. The molecule has 1 atom stereocenters. The second-order valence-corrected chi connectivity index (χ2v) is 11.3. The Kier molecular flexibility index (Phi) is 7.09. The normalized spacial score (nSPS) is 13.8. The fourth-order valence-electron chi connectivity index (χ4n) is 3.51. The second-order valence-electron chi connectivity index (χ2n) is 9.13. The van der Waals surface area contributed by atoms with Crippen LogP contribution in [0.4, 0.5) is 10.2 Å². The Morgan fingerprint density at radius 3 is 2.21 bits per heavy atom. The van der Waals surface area contributed by atoms with Crippen LogP contribution in [0.3, 0.4) is 0 Å². The maximum Gasteiger partial charge on any atom is 0.322 e. The molecule has 180 valence electrons. The van der Waals surface area contributed by atoms with Gasteiger partial charge in [0, 0.05) is 6.42 Å². The number of carboxylic acid groups (broad SMARTS) is 1. The minimum absolute atomic E-state index is 0.0344. The van der Waals surface area contributed by atoms with Crippen molar-refractivity contribution in [3.05, 3.63) is 89.4 Å². The van der Waals surface area contributed by atoms with Gasteiger partial charge in [0.15, 0.2) is 4.87 Å². The molecular weight excluding hydrogens is 457 g/mol. The molecule has 0 radical (unpaired) electrons. The van der Waals surface area contributed by atoms with Crippen LogP contribution in [0, 0.1) is 5.82 Å². The molecule has 3 aromatic rings. The summed E-state index contributed by atoms with van der Waals surface area (Å²) >= 11 is 0. The van der Waals surface area contributed by atoms with Gasteiger partial charge in [-0.05, 0) is 52.9 Å². The summed E-state index contributed by atoms with van der Waals surface area (Å²) in [5.41, 5.74) is 8.37. The van der Waals surface area contributed by atoms with E-state index in [-0.39, 0.29) is 28.2 Å². The van der Waals surface area contributed by atoms with Crippen LogP contribution in [-0.2, 0) is 31.3 Å². The summed E-state index contributed by atoms with van der Waals surface area (Å²) < 4.78 is 41.0. The molecule has 0 saturated carbocycles. The monoisotopic (exact) mass is 485 g/mol. The first kappa shape index (κ1) is 25.3. The topological polar surface area (TPSA) is 122 Å². The Labute approximate surface area is 198 Å². The van der Waals surface area contributed by atoms with Crippen molar-refractivity contribution in [2.24, 2.45) is 5.73 Å². The second kappa shape index (κ2) is 9.52. The third-order valence-electron chi connectivity index (χ3n) is 5.49. The van der Waals surface area contributed by atoms with Crippen LogP contribution in [0.25, 0.3) is 0 Å². The van der Waals surface area contributed by atoms with Gasteiger partial charge < -0.3 is 16.2 Å². The number of carbonyl (C=O) groups is 1. The molecule has 0 amide bonds. The van der Waals surface area contributed by atoms with Gasteiger partial charge in [-0.3, -0.25) is 4.79 Å². The zero-order chi connectivity index (χ0) is 25.1. The van der Waals surface area contributed by atoms with Crippen LogP contribution >= 0.6 is 0 Å². The van der Waals surface area contributed by atoms with Crippen LogP contribution in [0.5, 0.6) is 0 Å². The van der Waals surface area contributed by atoms with Crippen LogP contribution < -0.4 is 11.1 Å². The van der Waals surface area contributed by atoms with Crippen molar-refractivity contribution < 1.29 is 22.7 Å². The molecule has 1 aromatic heterocycles. The number of hydrogen-bond acceptors (Lipinski definition) is 6. The SMILES string of the molecule is CC(C)(C)c1ccc(CC(N)(c2cccc(NCC(=O)O)n2)S(=O)(=O)c2ccc(F)cc2)cc1. The minimum atomic E-state index is -4.25. The molecule has 9 heteroatoms. The third kappa shape index (κ3) is 5.43. The van der Waals surface area contributed by atoms with Gasteiger partial charge in [0.2, 0.25) is 9.84 Å². The first-order valence-electron chi connectivity index (χ1n) is 10.6. The maximum atomic E-state index is 13.8. The Morgan fingerprint density at radius 2 is 1.65 bits per heavy atom. The highest BCUT2D eigenvalue weighted by molar-refractivity contribution is 7.92. The van der Waals surface area contributed by atoms with Crippen LogP contribution in [0.15, 0.2) is 71.6 Å². The molecule has 3 rings (SSSR count). The predicted molar refractivity (Wildman–Crippen MR) is 129 cm³/mol. The number of anilines is 1. The molecular formula is C25H28FN3O4S. The van der Waals surface area contributed by atoms with Crippen LogP contribution in [-0.4, -0.2) is 31.0 Å². The highest BCUT2D eigenvalue weighted by atomic mass is 32.2. The lowest BCUT2D eigenvalue weighted by molar-refractivity contribution is -0.134. The van der Waals surface area contributed by atoms with Crippen molar-refractivity contribution in [2.75, 3.05) is 11.9 Å². The fourth-order valence-corrected chi connectivity index (χ4v) is 5.17. The van der Waals surface area contributed by atoms with Crippen molar-refractivity contribution >= 4 is 21.6 Å². The molecule has 1 heterocycles. The van der Waals surface area contributed by atoms with Gasteiger partial charge in [-0.2, -0.15) is 0 Å². The molecule has 0 fully saturated rings. The molecule has 0 bridgehead atoms. The lowest BCUT2D eigenvalue weighted by Crippen LogP contribution is -2.47. The van der Waals surface area contributed by atoms with Crippen LogP contribution in [0.2, 0.25) is 0 Å². The van der Waals surface area contributed by atoms with E-state index in [1.807, 2.05) is 24.3 Å². The summed E-state index contributed by atoms with van der Waals surface area (Å²) in [5, 5.41) is 11.6. The van der Waals surface area contributed by atoms with Crippen molar-refractivity contribution in [2.45, 2.75) is 42.4 Å². The van der Waals surface area contributed by atoms with Gasteiger partial charge in [0.1, 0.15) is 18.2 Å². The van der Waals surface area contributed by atoms with Gasteiger partial charge in [-0.1, -0.05) is 51.1 Å². The molecule has 0 aliphatic heterocycles. The standard InChI is InChI=1S/C25H28FN3O4S/c1-24(2,3)18-9-7-17(8-10-18)15-25(27,34(32,33)20-13-11-19(26)12-14-20)21-5-4-6-22(29-21)28-16-23(30)31/h4-14H,15-16,27H2,1-3H3,(H,28,29)(H,30,31). The summed E-state index contributed by atoms with van der Waals surface area (Å²) in [4.78, 5) is 13.1. The van der Waals surface area contributed by atoms with Crippen molar-refractivity contribution in [1.29, 1.82) is 0 Å². The van der Waals surface area contributed by atoms with Crippen LogP contribution in [0.1, 0.15) is 37.6 Å². The number of sulfone groups is 1. The molecule has 0 saturated heterocycles. The highest BCUT2D eigenvalue weighted by Gasteiger charge is 2.44. The number of nitrogens with two attached hydrogens (primary N) is 1. The third-order valence-corrected chi connectivity index (χ3v) is 7.70. The number of nitrogens with one attached hydrogen (secondary N) is 1. The van der Waals surface area contributed by atoms with Gasteiger partial charge >= 0.3 is 5.97 Å². The highest BCUT2D eigenvalue weighted by Crippen LogP contribution is 2.34. The summed E-state index contributed by atoms with van der Waals surface area (Å²) in [6, 6.07) is 16.5. The fraction of sp³-hybridized carbons (Fsp3) is 0.280. The number of pyridine rings is 1. The van der Waals surface area contributed by atoms with E-state index in [0.29, 0.717) is 5.56 Å². The number of aromatic nitrogens is 1. The first-order valence-corrected chi connectivity index (χ1v) is 12.1. The van der Waals surface area contributed by atoms with E-state index in [2.05, 4.69) is 31.1 Å². The minimum Gasteiger partial charge on any atom is -0.480 e. The molecule has 7 nitrogen and oxygen atoms in total. The number of benzene rings is 2. The largest absolute Gasteiger partial charge is 0.480 e. The maximum absolute atomic E-state index is 13.8. The van der Waals surface area contributed by atoms with Crippen molar-refractivity contribution in [3.8, 4) is 0 Å². The van der Waals surface area contributed by atoms with Crippen molar-refractivity contribution in [1.82, 2.24) is 4.98 Å². The molecule has 2 aromatic carbocycles. The van der Waals surface area contributed by atoms with Gasteiger partial charge in [0.25, 0.3) is 0 Å². The number of hydrogen-bond donors (Lipinski definition) is 3. The van der Waals surface area contributed by atoms with Gasteiger partial charge in [-0.15, -0.1) is 0 Å². The molecule has 0 aliphatic rings. The average Bonchev–Trinajstić information content (AvgIpc) is 2.78. The lowest BCUT2D eigenvalue weighted by atomic mass is 9.86. The predicted octanol–water partition coefficient (Wildman–Crippen LogP) is 3.84. The number of rotatable bonds is 8. The summed E-state index contributed by atoms with van der Waals surface area (Å²) in [5.74, 6) is -1.49. The molecule has 4 N–H and O–H groups in total. The molecule has 1 unspecified atom stereocenters. The average molecular weight is 486 g/mol. The zero-order valence-corrected chi connectivity index (χ0v) is 20.1. The van der Waals surface area contributed by atoms with E-state index < -0.39 is 33.0 Å². The Bertz CT molecular complexity index is 1270. The summed E-state index contributed by atoms with van der Waals surface area (Å²) in [6.07, 6.45) is -0.105. The van der Waals surface area contributed by atoms with Gasteiger partial charge in [0.05, 0.1) is 10.6 Å². The van der Waals surface area contributed by atoms with Crippen molar-refractivity contribution in [3.63, 3.8) is 0 Å². The summed E-state index contributed by atoms with van der Waals surface area (Å²) in [7, 11) is -4.25. The lowest BCUT2D eigenvalue weighted by Gasteiger charge is -2.30. The number of carboxylic acids is 1. The summed E-state index contributed by atoms with van der Waals surface area (Å²) in [6.45, 7) is 5.84. The quantitative estimate of drug-likeness (QED) is 0.414. The smallest absolute Gasteiger partial charge is 0.322 e. The number of aliphatic carboxylic acids is 1. The van der Waals surface area contributed by atoms with E-state index in [4.69, 9.17) is 10.8 Å². The van der Waals surface area contributed by atoms with E-state index in [0.717, 1.165) is 17.7 Å². The molecule has 34 heavy (non-hydrogen) atoms. The Morgan fingerprint density at radius 1 is 1.03 bits per heavy atom. The Balaban J connectivity index is 2.11. The van der Waals surface area contributed by atoms with E-state index in [1.165, 1.54) is 24.3 Å². The zero-order valence-electron chi connectivity index (χ0n) is 19.2. The van der Waals surface area contributed by atoms with Gasteiger partial charge in [-0.25, -0.2) is 17.8 Å². The van der Waals surface area contributed by atoms with E-state index in [1.54, 1.807) is 6.07 Å². The number of nitrogens with zero attached hydrogens (tertiary/aromatic N) is 1. The van der Waals surface area contributed by atoms with E-state index in [9.17, 15) is 17.6 Å². The molecule has 0 aliphatic carbocycles. The van der Waals surface area contributed by atoms with E-state index >= 15 is 0 Å². The number of halogens is 1. The Hall–Kier alpha value is -3.30.